The number of hydrogen-bond donors (Lipinski definition) is 0. The number of hydrogen-bond acceptors (Lipinski definition) is 4. The Bertz CT molecular complexity index is 1480. The molecule has 236 valence electrons. The molecule has 0 unspecified atom stereocenters. The molecular weight excluding hydrogens is 639 g/mol. The molecule has 0 aromatic heterocycles. The fourth-order valence-electron chi connectivity index (χ4n) is 7.69. The maximum Gasteiger partial charge on any atom is 0.494 e. The Morgan fingerprint density at radius 3 is 1.50 bits per heavy atom. The highest BCUT2D eigenvalue weighted by molar-refractivity contribution is 9.10. The molecule has 0 atom stereocenters. The average Bonchev–Trinajstić information content (AvgIpc) is 3.45. The molecule has 2 aromatic carbocycles. The van der Waals surface area contributed by atoms with E-state index in [1.807, 2.05) is 64.1 Å². The lowest BCUT2D eigenvalue weighted by molar-refractivity contribution is -0.128. The first-order chi connectivity index (χ1) is 20.4. The van der Waals surface area contributed by atoms with Crippen molar-refractivity contribution < 1.29 is 36.5 Å². The number of fused-ring (bicyclic) bond motifs is 4. The first-order valence-corrected chi connectivity index (χ1v) is 16.3. The summed E-state index contributed by atoms with van der Waals surface area (Å²) in [6, 6.07) is 11.6. The van der Waals surface area contributed by atoms with Crippen LogP contribution in [0.5, 0.6) is 0 Å². The molecule has 10 heteroatoms. The zero-order chi connectivity index (χ0) is 31.9. The third-order valence-electron chi connectivity index (χ3n) is 11.2. The molecule has 0 N–H and O–H groups in total. The van der Waals surface area contributed by atoms with Crippen LogP contribution in [0.25, 0.3) is 0 Å². The Balaban J connectivity index is 0.000000167. The highest BCUT2D eigenvalue weighted by Gasteiger charge is 2.55. The number of ketones is 2. The highest BCUT2D eigenvalue weighted by atomic mass is 79.9. The summed E-state index contributed by atoms with van der Waals surface area (Å²) in [6.45, 7) is 8.00. The van der Waals surface area contributed by atoms with Gasteiger partial charge in [-0.2, -0.15) is 0 Å². The van der Waals surface area contributed by atoms with Gasteiger partial charge in [-0.25, -0.2) is 17.6 Å². The van der Waals surface area contributed by atoms with Gasteiger partial charge in [-0.05, 0) is 93.2 Å². The van der Waals surface area contributed by atoms with Crippen LogP contribution in [0.4, 0.5) is 17.6 Å². The number of benzene rings is 2. The first-order valence-electron chi connectivity index (χ1n) is 15.5. The predicted octanol–water partition coefficient (Wildman–Crippen LogP) is 7.58. The molecule has 0 bridgehead atoms. The van der Waals surface area contributed by atoms with Crippen LogP contribution in [0.15, 0.2) is 40.9 Å². The number of carbonyl (C=O) groups is 2. The molecule has 3 fully saturated rings. The molecule has 44 heavy (non-hydrogen) atoms. The fourth-order valence-corrected chi connectivity index (χ4v) is 8.10. The van der Waals surface area contributed by atoms with E-state index in [4.69, 9.17) is 9.31 Å². The van der Waals surface area contributed by atoms with Crippen molar-refractivity contribution in [1.29, 1.82) is 0 Å². The van der Waals surface area contributed by atoms with Gasteiger partial charge >= 0.3 is 7.12 Å². The van der Waals surface area contributed by atoms with Crippen molar-refractivity contribution in [1.82, 2.24) is 0 Å². The molecule has 0 radical (unpaired) electrons. The molecule has 2 spiro atoms. The lowest BCUT2D eigenvalue weighted by Crippen LogP contribution is -2.41. The number of alkyl halides is 4. The van der Waals surface area contributed by atoms with Gasteiger partial charge in [0.15, 0.2) is 0 Å². The van der Waals surface area contributed by atoms with Crippen LogP contribution in [-0.4, -0.2) is 41.7 Å². The van der Waals surface area contributed by atoms with Gasteiger partial charge in [0.25, 0.3) is 0 Å². The van der Waals surface area contributed by atoms with E-state index in [-0.39, 0.29) is 62.9 Å². The Labute approximate surface area is 264 Å². The minimum atomic E-state index is -2.64. The van der Waals surface area contributed by atoms with Crippen LogP contribution in [0.3, 0.4) is 0 Å². The summed E-state index contributed by atoms with van der Waals surface area (Å²) in [5.74, 6) is -5.04. The molecular formula is C34H38BBrF4O4. The largest absolute Gasteiger partial charge is 0.494 e. The van der Waals surface area contributed by atoms with Gasteiger partial charge in [0.1, 0.15) is 11.6 Å². The number of carbonyl (C=O) groups excluding carboxylic acids is 2. The van der Waals surface area contributed by atoms with Crippen LogP contribution >= 0.6 is 15.9 Å². The second-order valence-electron chi connectivity index (χ2n) is 14.4. The van der Waals surface area contributed by atoms with Crippen molar-refractivity contribution in [3.63, 3.8) is 0 Å². The van der Waals surface area contributed by atoms with Gasteiger partial charge in [0.05, 0.1) is 22.0 Å². The minimum absolute atomic E-state index is 0.0778. The molecule has 1 saturated heterocycles. The third kappa shape index (κ3) is 5.30. The molecule has 4 nitrogen and oxygen atoms in total. The van der Waals surface area contributed by atoms with Gasteiger partial charge in [-0.1, -0.05) is 40.2 Å². The number of rotatable bonds is 1. The molecule has 7 rings (SSSR count). The maximum absolute atomic E-state index is 13.6. The van der Waals surface area contributed by atoms with Gasteiger partial charge < -0.3 is 9.31 Å². The monoisotopic (exact) mass is 676 g/mol. The van der Waals surface area contributed by atoms with E-state index in [1.54, 1.807) is 0 Å². The van der Waals surface area contributed by atoms with Crippen molar-refractivity contribution in [2.45, 2.75) is 126 Å². The Hall–Kier alpha value is -2.04. The van der Waals surface area contributed by atoms with E-state index in [2.05, 4.69) is 15.9 Å². The molecule has 0 amide bonds. The lowest BCUT2D eigenvalue weighted by atomic mass is 9.68. The van der Waals surface area contributed by atoms with Crippen molar-refractivity contribution in [2.24, 2.45) is 0 Å². The second kappa shape index (κ2) is 10.5. The Kier molecular flexibility index (Phi) is 7.61. The molecule has 1 heterocycles. The zero-order valence-corrected chi connectivity index (χ0v) is 27.2. The standard InChI is InChI=1S/C20H25BF2O3.C14H13BrF2O/c1-17(2)18(3,4)26-21(25-17)14-5-6-15-13(11-14)12-16(24)19(15)7-9-20(22,23)10-8-19;15-10-1-2-11-9(7-10)8-12(18)13(11)3-5-14(16,17)6-4-13/h5-6,11H,7-10,12H2,1-4H3;1-2,7H,3-6,8H2. The summed E-state index contributed by atoms with van der Waals surface area (Å²) in [5, 5.41) is 0. The van der Waals surface area contributed by atoms with Gasteiger partial charge in [0.2, 0.25) is 11.8 Å². The molecule has 5 aliphatic rings. The van der Waals surface area contributed by atoms with Crippen LogP contribution in [-0.2, 0) is 42.6 Å². The quantitative estimate of drug-likeness (QED) is 0.231. The van der Waals surface area contributed by atoms with Crippen LogP contribution in [0, 0.1) is 0 Å². The summed E-state index contributed by atoms with van der Waals surface area (Å²) in [6.07, 6.45) is 0.982. The van der Waals surface area contributed by atoms with E-state index in [1.165, 1.54) is 0 Å². The van der Waals surface area contributed by atoms with Crippen molar-refractivity contribution in [3.05, 3.63) is 63.1 Å². The van der Waals surface area contributed by atoms with Crippen molar-refractivity contribution in [3.8, 4) is 0 Å². The summed E-state index contributed by atoms with van der Waals surface area (Å²) >= 11 is 3.38. The summed E-state index contributed by atoms with van der Waals surface area (Å²) < 4.78 is 66.9. The normalized spacial score (nSPS) is 26.3. The van der Waals surface area contributed by atoms with E-state index in [9.17, 15) is 27.2 Å². The zero-order valence-electron chi connectivity index (χ0n) is 25.6. The lowest BCUT2D eigenvalue weighted by Gasteiger charge is -2.36. The number of halogens is 5. The summed E-state index contributed by atoms with van der Waals surface area (Å²) in [7, 11) is -0.479. The van der Waals surface area contributed by atoms with E-state index in [0.29, 0.717) is 12.8 Å². The van der Waals surface area contributed by atoms with E-state index < -0.39 is 41.0 Å². The van der Waals surface area contributed by atoms with Crippen LogP contribution in [0.1, 0.15) is 101 Å². The van der Waals surface area contributed by atoms with Crippen molar-refractivity contribution in [2.75, 3.05) is 0 Å². The third-order valence-corrected chi connectivity index (χ3v) is 11.7. The molecule has 4 aliphatic carbocycles. The predicted molar refractivity (Wildman–Crippen MR) is 164 cm³/mol. The number of Topliss-reactive ketones (excluding diaryl/α,β-unsaturated/α-hetero) is 2. The van der Waals surface area contributed by atoms with Crippen molar-refractivity contribution >= 4 is 40.1 Å². The second-order valence-corrected chi connectivity index (χ2v) is 15.3. The minimum Gasteiger partial charge on any atom is -0.399 e. The summed E-state index contributed by atoms with van der Waals surface area (Å²) in [5.41, 5.74) is 2.53. The van der Waals surface area contributed by atoms with E-state index in [0.717, 1.165) is 32.2 Å². The fraction of sp³-hybridized carbons (Fsp3) is 0.588. The topological polar surface area (TPSA) is 52.6 Å². The Morgan fingerprint density at radius 2 is 1.05 bits per heavy atom. The first kappa shape index (κ1) is 31.9. The van der Waals surface area contributed by atoms with Crippen LogP contribution in [0.2, 0.25) is 0 Å². The van der Waals surface area contributed by atoms with E-state index >= 15 is 0 Å². The van der Waals surface area contributed by atoms with Gasteiger partial charge in [-0.3, -0.25) is 9.59 Å². The maximum atomic E-state index is 13.6. The van der Waals surface area contributed by atoms with Crippen LogP contribution < -0.4 is 5.46 Å². The van der Waals surface area contributed by atoms with Gasteiger partial charge in [0, 0.05) is 43.0 Å². The summed E-state index contributed by atoms with van der Waals surface area (Å²) in [4.78, 5) is 25.0. The SMILES string of the molecule is CC1(C)OB(c2ccc3c(c2)CC(=O)C32CCC(F)(F)CC2)OC1(C)C.O=C1Cc2cc(Br)ccc2C12CCC(F)(F)CC2. The molecule has 2 saturated carbocycles. The molecule has 1 aliphatic heterocycles. The Morgan fingerprint density at radius 1 is 0.636 bits per heavy atom. The van der Waals surface area contributed by atoms with Gasteiger partial charge in [-0.15, -0.1) is 0 Å². The smallest absolute Gasteiger partial charge is 0.399 e. The molecule has 2 aromatic rings. The highest BCUT2D eigenvalue weighted by Crippen LogP contribution is 2.52. The average molecular weight is 677 g/mol.